The highest BCUT2D eigenvalue weighted by atomic mass is 32.2. The summed E-state index contributed by atoms with van der Waals surface area (Å²) in [6.45, 7) is 2.18. The number of nitrogens with two attached hydrogens (primary N) is 1. The number of rotatable bonds is 5. The third kappa shape index (κ3) is 3.33. The molecule has 0 aromatic heterocycles. The van der Waals surface area contributed by atoms with E-state index in [9.17, 15) is 0 Å². The summed E-state index contributed by atoms with van der Waals surface area (Å²) < 4.78 is 0. The lowest BCUT2D eigenvalue weighted by Gasteiger charge is -2.15. The molecule has 0 aliphatic heterocycles. The van der Waals surface area contributed by atoms with Gasteiger partial charge in [0.15, 0.2) is 0 Å². The molecule has 0 saturated heterocycles. The fourth-order valence-electron chi connectivity index (χ4n) is 1.59. The molecule has 0 heterocycles. The Balaban J connectivity index is 2.06. The normalized spacial score (nSPS) is 21.5. The van der Waals surface area contributed by atoms with E-state index in [2.05, 4.69) is 24.1 Å². The monoisotopic (exact) mass is 188 g/mol. The maximum atomic E-state index is 5.40. The first-order chi connectivity index (χ1) is 5.86. The van der Waals surface area contributed by atoms with E-state index in [4.69, 9.17) is 5.84 Å². The van der Waals surface area contributed by atoms with Crippen LogP contribution in [0.25, 0.3) is 0 Å². The smallest absolute Gasteiger partial charge is 0.0298 e. The minimum absolute atomic E-state index is 0.510. The van der Waals surface area contributed by atoms with E-state index in [1.807, 2.05) is 0 Å². The summed E-state index contributed by atoms with van der Waals surface area (Å²) in [6.07, 6.45) is 6.85. The number of hydrogen-bond donors (Lipinski definition) is 2. The fourth-order valence-corrected chi connectivity index (χ4v) is 3.09. The van der Waals surface area contributed by atoms with Crippen LogP contribution in [-0.4, -0.2) is 17.0 Å². The molecule has 0 spiro atoms. The average Bonchev–Trinajstić information content (AvgIpc) is 2.59. The van der Waals surface area contributed by atoms with Crippen LogP contribution in [0.1, 0.15) is 39.0 Å². The molecule has 0 radical (unpaired) electrons. The summed E-state index contributed by atoms with van der Waals surface area (Å²) in [5, 5.41) is 0.924. The van der Waals surface area contributed by atoms with Crippen LogP contribution in [0.5, 0.6) is 0 Å². The van der Waals surface area contributed by atoms with Crippen molar-refractivity contribution in [2.24, 2.45) is 5.84 Å². The van der Waals surface area contributed by atoms with Crippen LogP contribution >= 0.6 is 11.8 Å². The van der Waals surface area contributed by atoms with E-state index in [0.29, 0.717) is 6.04 Å². The number of hydrazine groups is 1. The molecular formula is C9H20N2S. The van der Waals surface area contributed by atoms with Gasteiger partial charge in [-0.3, -0.25) is 11.3 Å². The standard InChI is InChI=1S/C9H20N2S/c1-2-8(11-10)7-12-9-5-3-4-6-9/h8-9,11H,2-7,10H2,1H3. The van der Waals surface area contributed by atoms with Crippen LogP contribution in [0, 0.1) is 0 Å². The highest BCUT2D eigenvalue weighted by Gasteiger charge is 2.16. The van der Waals surface area contributed by atoms with Crippen LogP contribution in [0.3, 0.4) is 0 Å². The second-order valence-electron chi connectivity index (χ2n) is 3.51. The lowest BCUT2D eigenvalue weighted by Crippen LogP contribution is -2.36. The average molecular weight is 188 g/mol. The Morgan fingerprint density at radius 3 is 2.67 bits per heavy atom. The molecule has 1 unspecified atom stereocenters. The molecule has 0 amide bonds. The van der Waals surface area contributed by atoms with E-state index in [1.54, 1.807) is 0 Å². The lowest BCUT2D eigenvalue weighted by atomic mass is 10.3. The molecule has 1 rings (SSSR count). The topological polar surface area (TPSA) is 38.0 Å². The van der Waals surface area contributed by atoms with Gasteiger partial charge in [-0.1, -0.05) is 19.8 Å². The van der Waals surface area contributed by atoms with Gasteiger partial charge in [0, 0.05) is 17.0 Å². The molecule has 1 aliphatic rings. The molecular weight excluding hydrogens is 168 g/mol. The van der Waals surface area contributed by atoms with Gasteiger partial charge in [-0.05, 0) is 19.3 Å². The number of thioether (sulfide) groups is 1. The van der Waals surface area contributed by atoms with Crippen molar-refractivity contribution in [1.82, 2.24) is 5.43 Å². The van der Waals surface area contributed by atoms with Crippen molar-refractivity contribution in [3.8, 4) is 0 Å². The third-order valence-corrected chi connectivity index (χ3v) is 4.10. The Morgan fingerprint density at radius 1 is 1.50 bits per heavy atom. The summed E-state index contributed by atoms with van der Waals surface area (Å²) in [5.74, 6) is 6.58. The summed E-state index contributed by atoms with van der Waals surface area (Å²) in [5.41, 5.74) is 2.85. The van der Waals surface area contributed by atoms with Crippen molar-refractivity contribution in [1.29, 1.82) is 0 Å². The Labute approximate surface area is 79.6 Å². The first-order valence-electron chi connectivity index (χ1n) is 4.94. The Morgan fingerprint density at radius 2 is 2.17 bits per heavy atom. The van der Waals surface area contributed by atoms with Crippen molar-refractivity contribution in [3.05, 3.63) is 0 Å². The third-order valence-electron chi connectivity index (χ3n) is 2.56. The highest BCUT2D eigenvalue weighted by Crippen LogP contribution is 2.29. The van der Waals surface area contributed by atoms with Gasteiger partial charge in [0.25, 0.3) is 0 Å². The van der Waals surface area contributed by atoms with Gasteiger partial charge >= 0.3 is 0 Å². The van der Waals surface area contributed by atoms with E-state index < -0.39 is 0 Å². The van der Waals surface area contributed by atoms with Crippen LogP contribution < -0.4 is 11.3 Å². The molecule has 0 aromatic carbocycles. The molecule has 1 aliphatic carbocycles. The zero-order chi connectivity index (χ0) is 8.81. The maximum absolute atomic E-state index is 5.40. The molecule has 12 heavy (non-hydrogen) atoms. The van der Waals surface area contributed by atoms with Gasteiger partial charge in [-0.25, -0.2) is 0 Å². The van der Waals surface area contributed by atoms with Gasteiger partial charge in [-0.15, -0.1) is 0 Å². The quantitative estimate of drug-likeness (QED) is 0.511. The molecule has 2 nitrogen and oxygen atoms in total. The summed E-state index contributed by atoms with van der Waals surface area (Å²) in [6, 6.07) is 0.510. The second-order valence-corrected chi connectivity index (χ2v) is 4.84. The predicted molar refractivity (Wildman–Crippen MR) is 56.1 cm³/mol. The molecule has 1 fully saturated rings. The maximum Gasteiger partial charge on any atom is 0.0298 e. The molecule has 0 aromatic rings. The lowest BCUT2D eigenvalue weighted by molar-refractivity contribution is 0.562. The van der Waals surface area contributed by atoms with E-state index in [0.717, 1.165) is 11.7 Å². The molecule has 3 heteroatoms. The molecule has 0 bridgehead atoms. The van der Waals surface area contributed by atoms with Crippen LogP contribution in [0.4, 0.5) is 0 Å². The van der Waals surface area contributed by atoms with Crippen LogP contribution in [0.15, 0.2) is 0 Å². The number of hydrogen-bond acceptors (Lipinski definition) is 3. The predicted octanol–water partition coefficient (Wildman–Crippen LogP) is 1.90. The Bertz CT molecular complexity index is 107. The van der Waals surface area contributed by atoms with Gasteiger partial charge in [0.05, 0.1) is 0 Å². The summed E-state index contributed by atoms with van der Waals surface area (Å²) in [4.78, 5) is 0. The van der Waals surface area contributed by atoms with Gasteiger partial charge in [-0.2, -0.15) is 11.8 Å². The van der Waals surface area contributed by atoms with Gasteiger partial charge in [0.2, 0.25) is 0 Å². The van der Waals surface area contributed by atoms with Crippen molar-refractivity contribution in [2.45, 2.75) is 50.3 Å². The highest BCUT2D eigenvalue weighted by molar-refractivity contribution is 7.99. The SMILES string of the molecule is CCC(CSC1CCCC1)NN. The van der Waals surface area contributed by atoms with Crippen molar-refractivity contribution < 1.29 is 0 Å². The van der Waals surface area contributed by atoms with Crippen molar-refractivity contribution in [3.63, 3.8) is 0 Å². The molecule has 72 valence electrons. The Kier molecular flexibility index (Phi) is 5.04. The van der Waals surface area contributed by atoms with E-state index in [1.165, 1.54) is 31.4 Å². The van der Waals surface area contributed by atoms with Gasteiger partial charge < -0.3 is 0 Å². The second kappa shape index (κ2) is 5.84. The summed E-state index contributed by atoms with van der Waals surface area (Å²) >= 11 is 2.10. The molecule has 3 N–H and O–H groups in total. The zero-order valence-corrected chi connectivity index (χ0v) is 8.70. The van der Waals surface area contributed by atoms with Crippen molar-refractivity contribution in [2.75, 3.05) is 5.75 Å². The molecule has 1 saturated carbocycles. The van der Waals surface area contributed by atoms with Gasteiger partial charge in [0.1, 0.15) is 0 Å². The largest absolute Gasteiger partial charge is 0.271 e. The zero-order valence-electron chi connectivity index (χ0n) is 7.88. The fraction of sp³-hybridized carbons (Fsp3) is 1.00. The first kappa shape index (κ1) is 10.4. The molecule has 1 atom stereocenters. The Hall–Kier alpha value is 0.270. The summed E-state index contributed by atoms with van der Waals surface area (Å²) in [7, 11) is 0. The van der Waals surface area contributed by atoms with E-state index >= 15 is 0 Å². The minimum Gasteiger partial charge on any atom is -0.271 e. The minimum atomic E-state index is 0.510. The van der Waals surface area contributed by atoms with E-state index in [-0.39, 0.29) is 0 Å². The van der Waals surface area contributed by atoms with Crippen LogP contribution in [-0.2, 0) is 0 Å². The van der Waals surface area contributed by atoms with Crippen molar-refractivity contribution >= 4 is 11.8 Å². The first-order valence-corrected chi connectivity index (χ1v) is 5.99. The van der Waals surface area contributed by atoms with Crippen LogP contribution in [0.2, 0.25) is 0 Å². The number of nitrogens with one attached hydrogen (secondary N) is 1.